The molecule has 0 unspecified atom stereocenters. The standard InChI is InChI=1S/C9H11NS/c1-8(10-2)11-9-6-4-3-5-7-9/h3-7H,1-2H3. The molecule has 58 valence electrons. The van der Waals surface area contributed by atoms with Crippen LogP contribution in [0.3, 0.4) is 0 Å². The molecular formula is C9H11NS. The van der Waals surface area contributed by atoms with E-state index in [4.69, 9.17) is 0 Å². The number of aliphatic imine (C=N–C) groups is 1. The first-order chi connectivity index (χ1) is 5.33. The van der Waals surface area contributed by atoms with Crippen LogP contribution in [0.2, 0.25) is 0 Å². The van der Waals surface area contributed by atoms with Crippen LogP contribution < -0.4 is 0 Å². The van der Waals surface area contributed by atoms with E-state index in [1.165, 1.54) is 4.90 Å². The Kier molecular flexibility index (Phi) is 3.17. The first-order valence-corrected chi connectivity index (χ1v) is 4.31. The summed E-state index contributed by atoms with van der Waals surface area (Å²) < 4.78 is 0. The van der Waals surface area contributed by atoms with Gasteiger partial charge in [-0.3, -0.25) is 4.99 Å². The third-order valence-corrected chi connectivity index (χ3v) is 2.31. The minimum Gasteiger partial charge on any atom is -0.286 e. The Labute approximate surface area is 71.5 Å². The van der Waals surface area contributed by atoms with Crippen LogP contribution in [0.15, 0.2) is 40.2 Å². The Morgan fingerprint density at radius 2 is 1.91 bits per heavy atom. The fourth-order valence-electron chi connectivity index (χ4n) is 0.705. The Hall–Kier alpha value is -0.760. The van der Waals surface area contributed by atoms with Gasteiger partial charge in [-0.1, -0.05) is 30.0 Å². The highest BCUT2D eigenvalue weighted by Crippen LogP contribution is 2.17. The maximum Gasteiger partial charge on any atom is 0.0689 e. The van der Waals surface area contributed by atoms with Crippen molar-refractivity contribution in [2.45, 2.75) is 11.8 Å². The van der Waals surface area contributed by atoms with Gasteiger partial charge >= 0.3 is 0 Å². The molecule has 1 nitrogen and oxygen atoms in total. The monoisotopic (exact) mass is 165 g/mol. The molecule has 0 N–H and O–H groups in total. The molecule has 1 aromatic carbocycles. The molecule has 0 atom stereocenters. The fraction of sp³-hybridized carbons (Fsp3) is 0.222. The summed E-state index contributed by atoms with van der Waals surface area (Å²) in [6.45, 7) is 2.01. The van der Waals surface area contributed by atoms with Crippen molar-refractivity contribution in [2.24, 2.45) is 4.99 Å². The molecule has 2 heteroatoms. The van der Waals surface area contributed by atoms with Crippen molar-refractivity contribution in [3.05, 3.63) is 30.3 Å². The predicted octanol–water partition coefficient (Wildman–Crippen LogP) is 2.83. The van der Waals surface area contributed by atoms with Crippen molar-refractivity contribution in [1.82, 2.24) is 0 Å². The molecule has 0 bridgehead atoms. The van der Waals surface area contributed by atoms with Crippen LogP contribution in [0.1, 0.15) is 6.92 Å². The third kappa shape index (κ3) is 2.76. The Morgan fingerprint density at radius 3 is 2.45 bits per heavy atom. The quantitative estimate of drug-likeness (QED) is 0.354. The molecule has 0 saturated heterocycles. The minimum absolute atomic E-state index is 1.09. The lowest BCUT2D eigenvalue weighted by atomic mass is 10.4. The molecule has 1 rings (SSSR count). The molecule has 0 spiro atoms. The second-order valence-corrected chi connectivity index (χ2v) is 3.42. The van der Waals surface area contributed by atoms with Crippen molar-refractivity contribution in [3.8, 4) is 0 Å². The summed E-state index contributed by atoms with van der Waals surface area (Å²) >= 11 is 1.69. The van der Waals surface area contributed by atoms with Crippen molar-refractivity contribution in [3.63, 3.8) is 0 Å². The van der Waals surface area contributed by atoms with E-state index in [9.17, 15) is 0 Å². The van der Waals surface area contributed by atoms with Crippen LogP contribution in [0.5, 0.6) is 0 Å². The molecular weight excluding hydrogens is 154 g/mol. The Bertz CT molecular complexity index is 241. The van der Waals surface area contributed by atoms with E-state index in [1.807, 2.05) is 32.2 Å². The molecule has 0 radical (unpaired) electrons. The molecule has 0 fully saturated rings. The smallest absolute Gasteiger partial charge is 0.0689 e. The van der Waals surface area contributed by atoms with Gasteiger partial charge in [0.1, 0.15) is 0 Å². The highest BCUT2D eigenvalue weighted by molar-refractivity contribution is 8.13. The summed E-state index contributed by atoms with van der Waals surface area (Å²) in [6.07, 6.45) is 0. The summed E-state index contributed by atoms with van der Waals surface area (Å²) in [5, 5.41) is 1.09. The minimum atomic E-state index is 1.09. The second-order valence-electron chi connectivity index (χ2n) is 2.16. The fourth-order valence-corrected chi connectivity index (χ4v) is 1.43. The first kappa shape index (κ1) is 8.34. The highest BCUT2D eigenvalue weighted by atomic mass is 32.2. The number of nitrogens with zero attached hydrogens (tertiary/aromatic N) is 1. The van der Waals surface area contributed by atoms with E-state index >= 15 is 0 Å². The van der Waals surface area contributed by atoms with E-state index in [-0.39, 0.29) is 0 Å². The second kappa shape index (κ2) is 4.19. The first-order valence-electron chi connectivity index (χ1n) is 3.49. The molecule has 11 heavy (non-hydrogen) atoms. The van der Waals surface area contributed by atoms with Gasteiger partial charge in [0.05, 0.1) is 5.04 Å². The van der Waals surface area contributed by atoms with E-state index in [2.05, 4.69) is 17.1 Å². The Balaban J connectivity index is 2.65. The van der Waals surface area contributed by atoms with E-state index in [0.717, 1.165) is 5.04 Å². The number of hydrogen-bond donors (Lipinski definition) is 0. The molecule has 0 saturated carbocycles. The SMILES string of the molecule is CN=C(C)Sc1ccccc1. The molecule has 0 aliphatic rings. The topological polar surface area (TPSA) is 12.4 Å². The molecule has 0 heterocycles. The van der Waals surface area contributed by atoms with Gasteiger partial charge in [-0.05, 0) is 19.1 Å². The third-order valence-electron chi connectivity index (χ3n) is 1.32. The van der Waals surface area contributed by atoms with Gasteiger partial charge in [0.2, 0.25) is 0 Å². The maximum atomic E-state index is 4.06. The van der Waals surface area contributed by atoms with Gasteiger partial charge in [0.25, 0.3) is 0 Å². The zero-order chi connectivity index (χ0) is 8.10. The number of hydrogen-bond acceptors (Lipinski definition) is 2. The lowest BCUT2D eigenvalue weighted by molar-refractivity contribution is 1.44. The lowest BCUT2D eigenvalue weighted by Crippen LogP contribution is -1.81. The normalized spacial score (nSPS) is 11.6. The van der Waals surface area contributed by atoms with Crippen LogP contribution in [0.25, 0.3) is 0 Å². The average molecular weight is 165 g/mol. The van der Waals surface area contributed by atoms with Crippen LogP contribution in [0.4, 0.5) is 0 Å². The largest absolute Gasteiger partial charge is 0.286 e. The zero-order valence-corrected chi connectivity index (χ0v) is 7.56. The zero-order valence-electron chi connectivity index (χ0n) is 6.74. The number of thioether (sulfide) groups is 1. The van der Waals surface area contributed by atoms with Crippen molar-refractivity contribution < 1.29 is 0 Å². The number of rotatable bonds is 1. The van der Waals surface area contributed by atoms with E-state index in [0.29, 0.717) is 0 Å². The van der Waals surface area contributed by atoms with E-state index < -0.39 is 0 Å². The molecule has 0 amide bonds. The van der Waals surface area contributed by atoms with Crippen molar-refractivity contribution in [1.29, 1.82) is 0 Å². The van der Waals surface area contributed by atoms with Gasteiger partial charge in [-0.15, -0.1) is 0 Å². The molecule has 1 aromatic rings. The summed E-state index contributed by atoms with van der Waals surface area (Å²) in [6, 6.07) is 10.2. The van der Waals surface area contributed by atoms with Gasteiger partial charge < -0.3 is 0 Å². The van der Waals surface area contributed by atoms with Crippen LogP contribution in [-0.4, -0.2) is 12.1 Å². The van der Waals surface area contributed by atoms with Gasteiger partial charge in [-0.25, -0.2) is 0 Å². The van der Waals surface area contributed by atoms with Gasteiger partial charge in [0.15, 0.2) is 0 Å². The summed E-state index contributed by atoms with van der Waals surface area (Å²) in [5.74, 6) is 0. The molecule has 0 aliphatic heterocycles. The van der Waals surface area contributed by atoms with Crippen LogP contribution in [-0.2, 0) is 0 Å². The van der Waals surface area contributed by atoms with Gasteiger partial charge in [-0.2, -0.15) is 0 Å². The summed E-state index contributed by atoms with van der Waals surface area (Å²) in [4.78, 5) is 5.31. The van der Waals surface area contributed by atoms with E-state index in [1.54, 1.807) is 11.8 Å². The van der Waals surface area contributed by atoms with Crippen molar-refractivity contribution >= 4 is 16.8 Å². The maximum absolute atomic E-state index is 4.06. The molecule has 0 aromatic heterocycles. The summed E-state index contributed by atoms with van der Waals surface area (Å²) in [7, 11) is 1.81. The molecule has 0 aliphatic carbocycles. The summed E-state index contributed by atoms with van der Waals surface area (Å²) in [5.41, 5.74) is 0. The van der Waals surface area contributed by atoms with Gasteiger partial charge in [0, 0.05) is 11.9 Å². The highest BCUT2D eigenvalue weighted by Gasteiger charge is 1.92. The Morgan fingerprint density at radius 1 is 1.27 bits per heavy atom. The average Bonchev–Trinajstić information content (AvgIpc) is 2.06. The van der Waals surface area contributed by atoms with Crippen molar-refractivity contribution in [2.75, 3.05) is 7.05 Å². The van der Waals surface area contributed by atoms with Crippen LogP contribution >= 0.6 is 11.8 Å². The number of benzene rings is 1. The lowest BCUT2D eigenvalue weighted by Gasteiger charge is -1.97. The van der Waals surface area contributed by atoms with Crippen LogP contribution in [0, 0.1) is 0 Å². The predicted molar refractivity (Wildman–Crippen MR) is 51.3 cm³/mol.